The number of halogens is 5. The standard InChI is InChI=1S/C14H7Cl2F3O3/c15-9-5-7(14(17,18)19)6-10(16)13(9)11-3-1-8(22-11)2-4-12(20)21/h1-6H,(H,20,21)/b4-2+. The number of furan rings is 1. The van der Waals surface area contributed by atoms with Gasteiger partial charge in [0.25, 0.3) is 0 Å². The Balaban J connectivity index is 2.44. The smallest absolute Gasteiger partial charge is 0.416 e. The maximum Gasteiger partial charge on any atom is 0.416 e. The van der Waals surface area contributed by atoms with E-state index in [0.717, 1.165) is 18.2 Å². The zero-order valence-electron chi connectivity index (χ0n) is 10.6. The molecule has 1 aromatic carbocycles. The number of alkyl halides is 3. The Kier molecular flexibility index (Phi) is 4.53. The van der Waals surface area contributed by atoms with E-state index in [1.54, 1.807) is 0 Å². The lowest BCUT2D eigenvalue weighted by atomic mass is 10.1. The number of benzene rings is 1. The molecule has 0 bridgehead atoms. The minimum atomic E-state index is -4.57. The SMILES string of the molecule is O=C(O)/C=C/c1ccc(-c2c(Cl)cc(C(F)(F)F)cc2Cl)o1. The summed E-state index contributed by atoms with van der Waals surface area (Å²) in [5.41, 5.74) is -0.866. The third-order valence-corrected chi connectivity index (χ3v) is 3.23. The van der Waals surface area contributed by atoms with Crippen molar-refractivity contribution in [3.8, 4) is 11.3 Å². The average molecular weight is 351 g/mol. The van der Waals surface area contributed by atoms with E-state index < -0.39 is 17.7 Å². The highest BCUT2D eigenvalue weighted by Gasteiger charge is 2.32. The fourth-order valence-electron chi connectivity index (χ4n) is 1.70. The van der Waals surface area contributed by atoms with E-state index in [4.69, 9.17) is 32.7 Å². The highest BCUT2D eigenvalue weighted by molar-refractivity contribution is 6.39. The normalized spacial score (nSPS) is 12.0. The van der Waals surface area contributed by atoms with E-state index in [-0.39, 0.29) is 27.1 Å². The molecule has 3 nitrogen and oxygen atoms in total. The summed E-state index contributed by atoms with van der Waals surface area (Å²) in [5, 5.41) is 8.08. The van der Waals surface area contributed by atoms with Crippen molar-refractivity contribution in [2.75, 3.05) is 0 Å². The second-order valence-corrected chi connectivity index (χ2v) is 5.00. The maximum atomic E-state index is 12.7. The van der Waals surface area contributed by atoms with Gasteiger partial charge in [0.2, 0.25) is 0 Å². The van der Waals surface area contributed by atoms with Gasteiger partial charge in [0.1, 0.15) is 11.5 Å². The molecule has 22 heavy (non-hydrogen) atoms. The van der Waals surface area contributed by atoms with Crippen LogP contribution in [0, 0.1) is 0 Å². The van der Waals surface area contributed by atoms with Crippen LogP contribution < -0.4 is 0 Å². The summed E-state index contributed by atoms with van der Waals surface area (Å²) < 4.78 is 43.3. The van der Waals surface area contributed by atoms with Crippen LogP contribution in [0.1, 0.15) is 11.3 Å². The van der Waals surface area contributed by atoms with Crippen molar-refractivity contribution in [1.29, 1.82) is 0 Å². The molecule has 0 fully saturated rings. The molecule has 0 unspecified atom stereocenters. The van der Waals surface area contributed by atoms with Crippen molar-refractivity contribution in [2.24, 2.45) is 0 Å². The van der Waals surface area contributed by atoms with Crippen LogP contribution in [0.3, 0.4) is 0 Å². The van der Waals surface area contributed by atoms with E-state index in [2.05, 4.69) is 0 Å². The minimum absolute atomic E-state index is 0.103. The summed E-state index contributed by atoms with van der Waals surface area (Å²) in [6.07, 6.45) is -2.51. The molecule has 0 spiro atoms. The molecule has 116 valence electrons. The fourth-order valence-corrected chi connectivity index (χ4v) is 2.38. The van der Waals surface area contributed by atoms with Crippen molar-refractivity contribution in [2.45, 2.75) is 6.18 Å². The van der Waals surface area contributed by atoms with Gasteiger partial charge in [-0.15, -0.1) is 0 Å². The van der Waals surface area contributed by atoms with Crippen LogP contribution in [-0.4, -0.2) is 11.1 Å². The van der Waals surface area contributed by atoms with Gasteiger partial charge in [-0.1, -0.05) is 23.2 Å². The monoisotopic (exact) mass is 350 g/mol. The van der Waals surface area contributed by atoms with Gasteiger partial charge in [-0.25, -0.2) is 4.79 Å². The Morgan fingerprint density at radius 3 is 2.27 bits per heavy atom. The molecule has 1 N–H and O–H groups in total. The van der Waals surface area contributed by atoms with Gasteiger partial charge in [-0.3, -0.25) is 0 Å². The summed E-state index contributed by atoms with van der Waals surface area (Å²) in [7, 11) is 0. The van der Waals surface area contributed by atoms with E-state index in [0.29, 0.717) is 0 Å². The van der Waals surface area contributed by atoms with E-state index in [9.17, 15) is 18.0 Å². The lowest BCUT2D eigenvalue weighted by molar-refractivity contribution is -0.137. The van der Waals surface area contributed by atoms with Crippen LogP contribution in [0.25, 0.3) is 17.4 Å². The highest BCUT2D eigenvalue weighted by Crippen LogP contribution is 2.41. The number of carboxylic acids is 1. The first kappa shape index (κ1) is 16.5. The first-order valence-electron chi connectivity index (χ1n) is 5.76. The van der Waals surface area contributed by atoms with Crippen LogP contribution in [0.5, 0.6) is 0 Å². The predicted molar refractivity (Wildman–Crippen MR) is 75.8 cm³/mol. The molecular formula is C14H7Cl2F3O3. The molecule has 1 aromatic heterocycles. The molecule has 0 amide bonds. The first-order valence-corrected chi connectivity index (χ1v) is 6.51. The molecule has 0 radical (unpaired) electrons. The molecule has 0 saturated heterocycles. The first-order chi connectivity index (χ1) is 10.2. The number of rotatable bonds is 3. The lowest BCUT2D eigenvalue weighted by Crippen LogP contribution is -2.05. The number of hydrogen-bond acceptors (Lipinski definition) is 2. The van der Waals surface area contributed by atoms with Crippen molar-refractivity contribution in [1.82, 2.24) is 0 Å². The zero-order valence-corrected chi connectivity index (χ0v) is 12.1. The molecule has 0 aliphatic rings. The number of hydrogen-bond donors (Lipinski definition) is 1. The van der Waals surface area contributed by atoms with Gasteiger partial charge >= 0.3 is 12.1 Å². The van der Waals surface area contributed by atoms with Gasteiger partial charge in [0.15, 0.2) is 0 Å². The van der Waals surface area contributed by atoms with Crippen LogP contribution in [0.2, 0.25) is 10.0 Å². The Morgan fingerprint density at radius 1 is 1.18 bits per heavy atom. The van der Waals surface area contributed by atoms with Gasteiger partial charge in [-0.05, 0) is 30.3 Å². The van der Waals surface area contributed by atoms with Crippen molar-refractivity contribution in [3.05, 3.63) is 51.7 Å². The summed E-state index contributed by atoms with van der Waals surface area (Å²) in [4.78, 5) is 10.4. The van der Waals surface area contributed by atoms with Gasteiger partial charge in [-0.2, -0.15) is 13.2 Å². The van der Waals surface area contributed by atoms with Crippen molar-refractivity contribution in [3.63, 3.8) is 0 Å². The third kappa shape index (κ3) is 3.64. The summed E-state index contributed by atoms with van der Waals surface area (Å²) in [5.74, 6) is -0.832. The molecule has 0 aliphatic carbocycles. The quantitative estimate of drug-likeness (QED) is 0.757. The van der Waals surface area contributed by atoms with Gasteiger partial charge < -0.3 is 9.52 Å². The number of aliphatic carboxylic acids is 1. The lowest BCUT2D eigenvalue weighted by Gasteiger charge is -2.10. The Labute approximate surface area is 132 Å². The summed E-state index contributed by atoms with van der Waals surface area (Å²) in [6.45, 7) is 0. The topological polar surface area (TPSA) is 50.4 Å². The maximum absolute atomic E-state index is 12.7. The van der Waals surface area contributed by atoms with Crippen molar-refractivity contribution >= 4 is 35.2 Å². The minimum Gasteiger partial charge on any atom is -0.478 e. The molecule has 0 saturated carbocycles. The van der Waals surface area contributed by atoms with E-state index in [1.807, 2.05) is 0 Å². The third-order valence-electron chi connectivity index (χ3n) is 2.63. The molecule has 0 atom stereocenters. The second kappa shape index (κ2) is 6.06. The number of carbonyl (C=O) groups is 1. The largest absolute Gasteiger partial charge is 0.478 e. The molecule has 2 aromatic rings. The Morgan fingerprint density at radius 2 is 1.77 bits per heavy atom. The molecule has 8 heteroatoms. The molecule has 1 heterocycles. The van der Waals surface area contributed by atoms with Crippen molar-refractivity contribution < 1.29 is 27.5 Å². The number of carboxylic acid groups (broad SMARTS) is 1. The zero-order chi connectivity index (χ0) is 16.5. The Bertz CT molecular complexity index is 725. The van der Waals surface area contributed by atoms with Gasteiger partial charge in [0, 0.05) is 6.08 Å². The van der Waals surface area contributed by atoms with Crippen LogP contribution >= 0.6 is 23.2 Å². The summed E-state index contributed by atoms with van der Waals surface area (Å²) >= 11 is 11.7. The van der Waals surface area contributed by atoms with Gasteiger partial charge in [0.05, 0.1) is 21.2 Å². The highest BCUT2D eigenvalue weighted by atomic mass is 35.5. The second-order valence-electron chi connectivity index (χ2n) is 4.19. The molecule has 0 aliphatic heterocycles. The molecule has 2 rings (SSSR count). The molecular weight excluding hydrogens is 344 g/mol. The average Bonchev–Trinajstić information content (AvgIpc) is 2.83. The van der Waals surface area contributed by atoms with E-state index >= 15 is 0 Å². The van der Waals surface area contributed by atoms with Crippen LogP contribution in [-0.2, 0) is 11.0 Å². The fraction of sp³-hybridized carbons (Fsp3) is 0.0714. The van der Waals surface area contributed by atoms with Crippen LogP contribution in [0.15, 0.2) is 34.8 Å². The van der Waals surface area contributed by atoms with E-state index in [1.165, 1.54) is 18.2 Å². The summed E-state index contributed by atoms with van der Waals surface area (Å²) in [6, 6.07) is 4.37. The Hall–Kier alpha value is -1.92. The van der Waals surface area contributed by atoms with Crippen LogP contribution in [0.4, 0.5) is 13.2 Å². The predicted octanol–water partition coefficient (Wildman–Crippen LogP) is 5.37.